The summed E-state index contributed by atoms with van der Waals surface area (Å²) in [6.07, 6.45) is 11.5. The van der Waals surface area contributed by atoms with Gasteiger partial charge < -0.3 is 15.0 Å². The van der Waals surface area contributed by atoms with Gasteiger partial charge in [-0.25, -0.2) is 14.5 Å². The van der Waals surface area contributed by atoms with Crippen LogP contribution in [-0.4, -0.2) is 66.6 Å². The van der Waals surface area contributed by atoms with Gasteiger partial charge in [-0.15, -0.1) is 5.10 Å². The second-order valence-electron chi connectivity index (χ2n) is 9.44. The minimum absolute atomic E-state index is 0.00717. The lowest BCUT2D eigenvalue weighted by molar-refractivity contribution is -0.169. The lowest BCUT2D eigenvalue weighted by Crippen LogP contribution is -2.31. The summed E-state index contributed by atoms with van der Waals surface area (Å²) >= 11 is 0. The minimum atomic E-state index is -2.72. The van der Waals surface area contributed by atoms with Gasteiger partial charge >= 0.3 is 6.61 Å². The fourth-order valence-corrected chi connectivity index (χ4v) is 5.26. The predicted octanol–water partition coefficient (Wildman–Crippen LogP) is 4.24. The molecule has 4 aromatic rings. The molecule has 0 radical (unpaired) electrons. The number of pyridine rings is 1. The van der Waals surface area contributed by atoms with Gasteiger partial charge in [0, 0.05) is 42.7 Å². The Morgan fingerprint density at radius 1 is 1.06 bits per heavy atom. The summed E-state index contributed by atoms with van der Waals surface area (Å²) in [7, 11) is 0. The molecule has 1 saturated heterocycles. The molecular weight excluding hydrogens is 468 g/mol. The van der Waals surface area contributed by atoms with Crippen LogP contribution in [0, 0.1) is 0 Å². The number of nitrogens with one attached hydrogen (secondary N) is 1. The van der Waals surface area contributed by atoms with Crippen molar-refractivity contribution in [2.45, 2.75) is 57.3 Å². The summed E-state index contributed by atoms with van der Waals surface area (Å²) in [5.74, 6) is 0.499. The number of rotatable bonds is 6. The number of likely N-dealkylation sites (tertiary alicyclic amines) is 1. The van der Waals surface area contributed by atoms with Crippen molar-refractivity contribution in [3.05, 3.63) is 48.7 Å². The van der Waals surface area contributed by atoms with Crippen LogP contribution < -0.4 is 5.32 Å². The van der Waals surface area contributed by atoms with Crippen molar-refractivity contribution in [1.82, 2.24) is 28.9 Å². The number of carbonyl (C=O) groups excluding carboxylic acids is 1. The van der Waals surface area contributed by atoms with Crippen LogP contribution in [0.15, 0.2) is 43.0 Å². The molecule has 1 aliphatic carbocycles. The summed E-state index contributed by atoms with van der Waals surface area (Å²) < 4.78 is 33.1. The van der Waals surface area contributed by atoms with E-state index in [1.54, 1.807) is 16.9 Å². The molecule has 1 saturated carbocycles. The molecule has 1 amide bonds. The van der Waals surface area contributed by atoms with Crippen LogP contribution in [0.2, 0.25) is 0 Å². The Labute approximate surface area is 206 Å². The van der Waals surface area contributed by atoms with Gasteiger partial charge in [0.15, 0.2) is 0 Å². The maximum absolute atomic E-state index is 13.0. The van der Waals surface area contributed by atoms with Gasteiger partial charge in [0.2, 0.25) is 5.95 Å². The fourth-order valence-electron chi connectivity index (χ4n) is 5.26. The van der Waals surface area contributed by atoms with Gasteiger partial charge in [-0.1, -0.05) is 0 Å². The highest BCUT2D eigenvalue weighted by molar-refractivity contribution is 5.93. The third-order valence-corrected chi connectivity index (χ3v) is 7.15. The molecule has 0 spiro atoms. The van der Waals surface area contributed by atoms with E-state index in [4.69, 9.17) is 0 Å². The van der Waals surface area contributed by atoms with E-state index in [1.165, 1.54) is 0 Å². The Morgan fingerprint density at radius 2 is 1.86 bits per heavy atom. The normalized spacial score (nSPS) is 20.6. The molecule has 2 aliphatic rings. The highest BCUT2D eigenvalue weighted by Crippen LogP contribution is 2.28. The van der Waals surface area contributed by atoms with Gasteiger partial charge in [0.1, 0.15) is 11.3 Å². The first-order chi connectivity index (χ1) is 17.5. The van der Waals surface area contributed by atoms with Crippen LogP contribution >= 0.6 is 0 Å². The molecule has 36 heavy (non-hydrogen) atoms. The maximum Gasteiger partial charge on any atom is 0.345 e. The van der Waals surface area contributed by atoms with E-state index in [0.717, 1.165) is 61.1 Å². The number of anilines is 1. The molecule has 0 unspecified atom stereocenters. The largest absolute Gasteiger partial charge is 0.350 e. The highest BCUT2D eigenvalue weighted by Gasteiger charge is 2.25. The Balaban J connectivity index is 1.21. The van der Waals surface area contributed by atoms with Crippen molar-refractivity contribution in [2.24, 2.45) is 0 Å². The number of hydrogen-bond donors (Lipinski definition) is 1. The minimum Gasteiger partial charge on any atom is -0.350 e. The second-order valence-corrected chi connectivity index (χ2v) is 9.44. The van der Waals surface area contributed by atoms with E-state index < -0.39 is 12.7 Å². The summed E-state index contributed by atoms with van der Waals surface area (Å²) in [5.41, 5.74) is 4.00. The molecule has 0 atom stereocenters. The molecule has 4 aromatic heterocycles. The SMILES string of the molecule is O=C(c1cnc2ccc(-c3ccn4nc(NC5CCC(OC(F)F)CC5)ncc34)cn12)N1CCCC1. The van der Waals surface area contributed by atoms with Crippen molar-refractivity contribution in [2.75, 3.05) is 18.4 Å². The quantitative estimate of drug-likeness (QED) is 0.430. The number of aromatic nitrogens is 5. The van der Waals surface area contributed by atoms with Crippen molar-refractivity contribution in [3.8, 4) is 11.1 Å². The number of amides is 1. The Hall–Kier alpha value is -3.60. The van der Waals surface area contributed by atoms with Crippen LogP contribution in [0.5, 0.6) is 0 Å². The number of nitrogens with zero attached hydrogens (tertiary/aromatic N) is 6. The highest BCUT2D eigenvalue weighted by atomic mass is 19.3. The van der Waals surface area contributed by atoms with E-state index in [2.05, 4.69) is 25.1 Å². The molecule has 5 heterocycles. The monoisotopic (exact) mass is 495 g/mol. The van der Waals surface area contributed by atoms with Gasteiger partial charge in [-0.05, 0) is 56.7 Å². The molecule has 6 rings (SSSR count). The van der Waals surface area contributed by atoms with Crippen molar-refractivity contribution in [3.63, 3.8) is 0 Å². The van der Waals surface area contributed by atoms with Crippen LogP contribution in [-0.2, 0) is 4.74 Å². The molecule has 0 bridgehead atoms. The fraction of sp³-hybridized carbons (Fsp3) is 0.440. The second kappa shape index (κ2) is 9.45. The molecule has 9 nitrogen and oxygen atoms in total. The first-order valence-corrected chi connectivity index (χ1v) is 12.4. The lowest BCUT2D eigenvalue weighted by Gasteiger charge is -2.28. The van der Waals surface area contributed by atoms with Crippen LogP contribution in [0.25, 0.3) is 22.3 Å². The van der Waals surface area contributed by atoms with Crippen LogP contribution in [0.3, 0.4) is 0 Å². The van der Waals surface area contributed by atoms with E-state index in [-0.39, 0.29) is 11.9 Å². The molecule has 0 aromatic carbocycles. The summed E-state index contributed by atoms with van der Waals surface area (Å²) in [4.78, 5) is 23.8. The third-order valence-electron chi connectivity index (χ3n) is 7.15. The zero-order valence-electron chi connectivity index (χ0n) is 19.7. The number of imidazole rings is 1. The third kappa shape index (κ3) is 4.39. The number of ether oxygens (including phenoxy) is 1. The van der Waals surface area contributed by atoms with Crippen molar-refractivity contribution in [1.29, 1.82) is 0 Å². The summed E-state index contributed by atoms with van der Waals surface area (Å²) in [6.45, 7) is -1.15. The summed E-state index contributed by atoms with van der Waals surface area (Å²) in [6, 6.07) is 5.98. The number of alkyl halides is 2. The number of carbonyl (C=O) groups is 1. The maximum atomic E-state index is 13.0. The Morgan fingerprint density at radius 3 is 2.64 bits per heavy atom. The molecule has 188 valence electrons. The van der Waals surface area contributed by atoms with E-state index in [9.17, 15) is 13.6 Å². The molecule has 11 heteroatoms. The summed E-state index contributed by atoms with van der Waals surface area (Å²) in [5, 5.41) is 7.92. The predicted molar refractivity (Wildman–Crippen MR) is 129 cm³/mol. The van der Waals surface area contributed by atoms with E-state index in [0.29, 0.717) is 24.5 Å². The molecule has 1 aliphatic heterocycles. The zero-order chi connectivity index (χ0) is 24.6. The smallest absolute Gasteiger partial charge is 0.345 e. The number of hydrogen-bond acceptors (Lipinski definition) is 6. The zero-order valence-corrected chi connectivity index (χ0v) is 19.7. The molecule has 2 fully saturated rings. The number of halogens is 2. The Bertz CT molecular complexity index is 1390. The topological polar surface area (TPSA) is 89.1 Å². The first-order valence-electron chi connectivity index (χ1n) is 12.4. The van der Waals surface area contributed by atoms with E-state index in [1.807, 2.05) is 39.9 Å². The van der Waals surface area contributed by atoms with Crippen LogP contribution in [0.1, 0.15) is 49.0 Å². The number of fused-ring (bicyclic) bond motifs is 2. The first kappa shape index (κ1) is 22.8. The van der Waals surface area contributed by atoms with Gasteiger partial charge in [0.25, 0.3) is 5.91 Å². The van der Waals surface area contributed by atoms with Gasteiger partial charge in [-0.2, -0.15) is 8.78 Å². The van der Waals surface area contributed by atoms with Crippen molar-refractivity contribution < 1.29 is 18.3 Å². The van der Waals surface area contributed by atoms with Gasteiger partial charge in [-0.3, -0.25) is 9.20 Å². The lowest BCUT2D eigenvalue weighted by atomic mass is 9.93. The standard InChI is InChI=1S/C25H27F2N7O2/c26-24(27)36-18-6-4-17(5-7-18)30-25-29-13-20-19(9-12-34(20)31-25)16-3-8-22-28-14-21(33(22)15-16)23(35)32-10-1-2-11-32/h3,8-9,12-15,17-18,24H,1-2,4-7,10-11H2,(H,30,31). The average Bonchev–Trinajstić information content (AvgIpc) is 3.63. The molecular formula is C25H27F2N7O2. The van der Waals surface area contributed by atoms with E-state index >= 15 is 0 Å². The molecule has 1 N–H and O–H groups in total. The Kier molecular flexibility index (Phi) is 6.00. The van der Waals surface area contributed by atoms with Crippen molar-refractivity contribution >= 4 is 23.0 Å². The van der Waals surface area contributed by atoms with Gasteiger partial charge in [0.05, 0.1) is 24.0 Å². The average molecular weight is 496 g/mol. The van der Waals surface area contributed by atoms with Crippen LogP contribution in [0.4, 0.5) is 14.7 Å².